The topological polar surface area (TPSA) is 102 Å². The standard InChI is InChI=1S/C15H11N5/c16-9-12(14-13(10-17)15(18)20-19-14)8-4-7-11-5-2-1-3-6-11/h1-8H,(H3,18,19,20). The molecule has 0 radical (unpaired) electrons. The summed E-state index contributed by atoms with van der Waals surface area (Å²) < 4.78 is 0. The van der Waals surface area contributed by atoms with Crippen molar-refractivity contribution in [2.45, 2.75) is 0 Å². The highest BCUT2D eigenvalue weighted by Crippen LogP contribution is 2.20. The first-order valence-corrected chi connectivity index (χ1v) is 5.84. The molecular formula is C15H11N5. The van der Waals surface area contributed by atoms with Gasteiger partial charge in [-0.25, -0.2) is 0 Å². The Balaban J connectivity index is 2.30. The molecule has 0 unspecified atom stereocenters. The molecule has 20 heavy (non-hydrogen) atoms. The predicted octanol–water partition coefficient (Wildman–Crippen LogP) is 2.48. The van der Waals surface area contributed by atoms with Crippen molar-refractivity contribution in [1.82, 2.24) is 10.2 Å². The van der Waals surface area contributed by atoms with Crippen LogP contribution in [0.4, 0.5) is 5.82 Å². The maximum atomic E-state index is 9.16. The van der Waals surface area contributed by atoms with E-state index in [1.165, 1.54) is 0 Å². The molecule has 2 aromatic rings. The smallest absolute Gasteiger partial charge is 0.163 e. The number of nitriles is 2. The highest BCUT2D eigenvalue weighted by molar-refractivity contribution is 5.81. The summed E-state index contributed by atoms with van der Waals surface area (Å²) in [7, 11) is 0. The summed E-state index contributed by atoms with van der Waals surface area (Å²) in [5, 5.41) is 24.5. The van der Waals surface area contributed by atoms with Crippen molar-refractivity contribution in [1.29, 1.82) is 10.5 Å². The van der Waals surface area contributed by atoms with Crippen LogP contribution in [0.15, 0.2) is 42.5 Å². The fourth-order valence-electron chi connectivity index (χ4n) is 1.66. The average molecular weight is 261 g/mol. The molecule has 0 spiro atoms. The third-order valence-electron chi connectivity index (χ3n) is 2.65. The number of aromatic nitrogens is 2. The third-order valence-corrected chi connectivity index (χ3v) is 2.65. The van der Waals surface area contributed by atoms with E-state index in [4.69, 9.17) is 16.3 Å². The van der Waals surface area contributed by atoms with Crippen molar-refractivity contribution in [3.8, 4) is 12.1 Å². The Morgan fingerprint density at radius 3 is 2.65 bits per heavy atom. The molecule has 0 fully saturated rings. The minimum atomic E-state index is 0.0932. The van der Waals surface area contributed by atoms with Crippen LogP contribution in [0.5, 0.6) is 0 Å². The molecule has 3 N–H and O–H groups in total. The van der Waals surface area contributed by atoms with Gasteiger partial charge in [-0.15, -0.1) is 0 Å². The molecule has 0 bridgehead atoms. The van der Waals surface area contributed by atoms with Crippen molar-refractivity contribution in [3.63, 3.8) is 0 Å². The summed E-state index contributed by atoms with van der Waals surface area (Å²) in [6.07, 6.45) is 5.22. The number of nitrogen functional groups attached to an aromatic ring is 1. The summed E-state index contributed by atoms with van der Waals surface area (Å²) in [6, 6.07) is 13.6. The van der Waals surface area contributed by atoms with Gasteiger partial charge in [0.1, 0.15) is 17.7 Å². The molecule has 0 amide bonds. The van der Waals surface area contributed by atoms with Gasteiger partial charge in [0.15, 0.2) is 5.82 Å². The number of hydrogen-bond donors (Lipinski definition) is 2. The Bertz CT molecular complexity index is 739. The quantitative estimate of drug-likeness (QED) is 0.654. The van der Waals surface area contributed by atoms with E-state index in [0.717, 1.165) is 5.56 Å². The normalized spacial score (nSPS) is 11.2. The van der Waals surface area contributed by atoms with Crippen LogP contribution in [0.1, 0.15) is 16.8 Å². The van der Waals surface area contributed by atoms with Crippen LogP contribution in [0.25, 0.3) is 11.6 Å². The molecule has 2 rings (SSSR count). The minimum absolute atomic E-state index is 0.0932. The van der Waals surface area contributed by atoms with Gasteiger partial charge in [0.05, 0.1) is 11.3 Å². The van der Waals surface area contributed by atoms with E-state index in [-0.39, 0.29) is 11.4 Å². The van der Waals surface area contributed by atoms with Crippen LogP contribution < -0.4 is 5.73 Å². The van der Waals surface area contributed by atoms with Crippen LogP contribution in [-0.2, 0) is 0 Å². The second kappa shape index (κ2) is 6.03. The second-order valence-corrected chi connectivity index (χ2v) is 3.93. The summed E-state index contributed by atoms with van der Waals surface area (Å²) in [4.78, 5) is 0. The highest BCUT2D eigenvalue weighted by atomic mass is 15.2. The lowest BCUT2D eigenvalue weighted by molar-refractivity contribution is 1.08. The molecule has 0 saturated heterocycles. The zero-order chi connectivity index (χ0) is 14.4. The molecule has 1 aromatic carbocycles. The van der Waals surface area contributed by atoms with Crippen LogP contribution in [-0.4, -0.2) is 10.2 Å². The van der Waals surface area contributed by atoms with Crippen LogP contribution in [0.2, 0.25) is 0 Å². The zero-order valence-electron chi connectivity index (χ0n) is 10.5. The molecule has 5 nitrogen and oxygen atoms in total. The lowest BCUT2D eigenvalue weighted by Gasteiger charge is -1.93. The Hall–Kier alpha value is -3.31. The number of nitrogens with one attached hydrogen (secondary N) is 1. The van der Waals surface area contributed by atoms with Gasteiger partial charge in [-0.05, 0) is 11.6 Å². The number of allylic oxidation sites excluding steroid dienone is 3. The van der Waals surface area contributed by atoms with Crippen molar-refractivity contribution in [2.75, 3.05) is 5.73 Å². The number of anilines is 1. The molecule has 0 aliphatic heterocycles. The van der Waals surface area contributed by atoms with Gasteiger partial charge in [-0.1, -0.05) is 42.5 Å². The molecule has 96 valence electrons. The number of H-pyrrole nitrogens is 1. The fourth-order valence-corrected chi connectivity index (χ4v) is 1.66. The maximum absolute atomic E-state index is 9.16. The first kappa shape index (κ1) is 13.1. The van der Waals surface area contributed by atoms with Crippen LogP contribution in [0, 0.1) is 22.7 Å². The van der Waals surface area contributed by atoms with Crippen molar-refractivity contribution < 1.29 is 0 Å². The summed E-state index contributed by atoms with van der Waals surface area (Å²) >= 11 is 0. The Morgan fingerprint density at radius 1 is 1.25 bits per heavy atom. The van der Waals surface area contributed by atoms with Gasteiger partial charge in [-0.2, -0.15) is 15.6 Å². The van der Waals surface area contributed by atoms with E-state index in [2.05, 4.69) is 10.2 Å². The van der Waals surface area contributed by atoms with Crippen molar-refractivity contribution >= 4 is 17.5 Å². The lowest BCUT2D eigenvalue weighted by Crippen LogP contribution is -1.89. The van der Waals surface area contributed by atoms with Gasteiger partial charge in [0, 0.05) is 0 Å². The van der Waals surface area contributed by atoms with E-state index >= 15 is 0 Å². The third kappa shape index (κ3) is 2.74. The number of nitrogens with two attached hydrogens (primary N) is 1. The van der Waals surface area contributed by atoms with E-state index in [1.807, 2.05) is 48.5 Å². The summed E-state index contributed by atoms with van der Waals surface area (Å²) in [6.45, 7) is 0. The van der Waals surface area contributed by atoms with E-state index < -0.39 is 0 Å². The lowest BCUT2D eigenvalue weighted by atomic mass is 10.1. The molecule has 0 atom stereocenters. The monoisotopic (exact) mass is 261 g/mol. The minimum Gasteiger partial charge on any atom is -0.381 e. The van der Waals surface area contributed by atoms with Gasteiger partial charge in [-0.3, -0.25) is 5.10 Å². The molecule has 1 heterocycles. The first-order chi connectivity index (χ1) is 9.76. The molecule has 1 aromatic heterocycles. The Labute approximate surface area is 116 Å². The molecule has 5 heteroatoms. The number of hydrogen-bond acceptors (Lipinski definition) is 4. The van der Waals surface area contributed by atoms with Gasteiger partial charge in [0.25, 0.3) is 0 Å². The van der Waals surface area contributed by atoms with Crippen molar-refractivity contribution in [3.05, 3.63) is 59.3 Å². The highest BCUT2D eigenvalue weighted by Gasteiger charge is 2.13. The predicted molar refractivity (Wildman–Crippen MR) is 76.8 cm³/mol. The summed E-state index contributed by atoms with van der Waals surface area (Å²) in [5.74, 6) is 0.0932. The molecule has 0 aliphatic carbocycles. The van der Waals surface area contributed by atoms with Crippen molar-refractivity contribution in [2.24, 2.45) is 0 Å². The average Bonchev–Trinajstić information content (AvgIpc) is 2.85. The Morgan fingerprint density at radius 2 is 2.00 bits per heavy atom. The number of nitrogens with zero attached hydrogens (tertiary/aromatic N) is 3. The van der Waals surface area contributed by atoms with E-state index in [0.29, 0.717) is 11.3 Å². The first-order valence-electron chi connectivity index (χ1n) is 5.84. The van der Waals surface area contributed by atoms with Gasteiger partial charge in [0.2, 0.25) is 0 Å². The number of aromatic amines is 1. The summed E-state index contributed by atoms with van der Waals surface area (Å²) in [5.41, 5.74) is 7.39. The van der Waals surface area contributed by atoms with Gasteiger partial charge < -0.3 is 5.73 Å². The van der Waals surface area contributed by atoms with Crippen LogP contribution >= 0.6 is 0 Å². The van der Waals surface area contributed by atoms with E-state index in [9.17, 15) is 0 Å². The van der Waals surface area contributed by atoms with Gasteiger partial charge >= 0.3 is 0 Å². The number of benzene rings is 1. The number of rotatable bonds is 3. The maximum Gasteiger partial charge on any atom is 0.163 e. The van der Waals surface area contributed by atoms with E-state index in [1.54, 1.807) is 12.2 Å². The largest absolute Gasteiger partial charge is 0.381 e. The SMILES string of the molecule is N#CC(=CC=Cc1ccccc1)c1[nH]nc(N)c1C#N. The second-order valence-electron chi connectivity index (χ2n) is 3.93. The fraction of sp³-hybridized carbons (Fsp3) is 0. The molecule has 0 saturated carbocycles. The Kier molecular flexibility index (Phi) is 3.96. The zero-order valence-corrected chi connectivity index (χ0v) is 10.5. The molecule has 0 aliphatic rings. The van der Waals surface area contributed by atoms with Crippen LogP contribution in [0.3, 0.4) is 0 Å². The molecular weight excluding hydrogens is 250 g/mol.